The zero-order chi connectivity index (χ0) is 21.1. The van der Waals surface area contributed by atoms with Gasteiger partial charge in [0.15, 0.2) is 0 Å². The Morgan fingerprint density at radius 3 is 2.50 bits per heavy atom. The second-order valence-electron chi connectivity index (χ2n) is 6.92. The lowest BCUT2D eigenvalue weighted by atomic mass is 10.0. The van der Waals surface area contributed by atoms with E-state index < -0.39 is 0 Å². The number of hydrogen-bond acceptors (Lipinski definition) is 4. The van der Waals surface area contributed by atoms with Gasteiger partial charge in [0.25, 0.3) is 0 Å². The van der Waals surface area contributed by atoms with Crippen LogP contribution in [0.15, 0.2) is 71.8 Å². The molecule has 0 amide bonds. The van der Waals surface area contributed by atoms with Gasteiger partial charge in [0.05, 0.1) is 21.8 Å². The van der Waals surface area contributed by atoms with Crippen LogP contribution in [0.1, 0.15) is 16.7 Å². The van der Waals surface area contributed by atoms with Gasteiger partial charge in [0, 0.05) is 16.1 Å². The van der Waals surface area contributed by atoms with Crippen molar-refractivity contribution in [1.29, 1.82) is 0 Å². The van der Waals surface area contributed by atoms with Gasteiger partial charge in [0.1, 0.15) is 0 Å². The molecule has 6 heteroatoms. The molecule has 0 aliphatic rings. The molecule has 0 bridgehead atoms. The zero-order valence-corrected chi connectivity index (χ0v) is 18.8. The summed E-state index contributed by atoms with van der Waals surface area (Å²) in [5, 5.41) is 6.18. The summed E-state index contributed by atoms with van der Waals surface area (Å²) in [5.74, 6) is 0. The van der Waals surface area contributed by atoms with E-state index in [1.54, 1.807) is 29.7 Å². The minimum atomic E-state index is 0.549. The second-order valence-corrected chi connectivity index (χ2v) is 8.76. The number of nitrogens with zero attached hydrogens (tertiary/aromatic N) is 2. The van der Waals surface area contributed by atoms with Crippen molar-refractivity contribution < 1.29 is 0 Å². The first kappa shape index (κ1) is 20.6. The molecule has 0 saturated heterocycles. The molecule has 0 saturated carbocycles. The van der Waals surface area contributed by atoms with Crippen molar-refractivity contribution in [3.8, 4) is 21.7 Å². The molecule has 0 atom stereocenters. The van der Waals surface area contributed by atoms with Gasteiger partial charge < -0.3 is 0 Å². The minimum Gasteiger partial charge on any atom is -0.253 e. The molecule has 0 aliphatic carbocycles. The molecule has 1 N–H and O–H groups in total. The van der Waals surface area contributed by atoms with E-state index in [1.807, 2.05) is 24.3 Å². The van der Waals surface area contributed by atoms with Gasteiger partial charge in [-0.1, -0.05) is 94.7 Å². The predicted octanol–water partition coefficient (Wildman–Crippen LogP) is 7.85. The second kappa shape index (κ2) is 9.00. The number of benzene rings is 3. The standard InChI is InChI=1S/C24H19Cl2N3S/c1-15-8-11-20(16(2)12-15)22-23(17-6-4-3-5-7-17)30-24(28-22)29-27-14-18-9-10-19(25)13-21(18)26/h3-14H,1-2H3,(H,28,29)/b27-14-. The molecule has 0 fully saturated rings. The van der Waals surface area contributed by atoms with E-state index in [0.29, 0.717) is 15.2 Å². The summed E-state index contributed by atoms with van der Waals surface area (Å²) in [4.78, 5) is 5.96. The Hall–Kier alpha value is -2.66. The average Bonchev–Trinajstić information content (AvgIpc) is 3.14. The number of anilines is 1. The number of hydrazone groups is 1. The fraction of sp³-hybridized carbons (Fsp3) is 0.0833. The molecule has 3 aromatic carbocycles. The summed E-state index contributed by atoms with van der Waals surface area (Å²) >= 11 is 13.7. The summed E-state index contributed by atoms with van der Waals surface area (Å²) in [6.45, 7) is 4.21. The van der Waals surface area contributed by atoms with Crippen LogP contribution in [-0.4, -0.2) is 11.2 Å². The smallest absolute Gasteiger partial charge is 0.204 e. The summed E-state index contributed by atoms with van der Waals surface area (Å²) in [7, 11) is 0. The Kier molecular flexibility index (Phi) is 6.18. The number of aromatic nitrogens is 1. The molecule has 0 spiro atoms. The summed E-state index contributed by atoms with van der Waals surface area (Å²) in [5.41, 5.74) is 9.46. The largest absolute Gasteiger partial charge is 0.253 e. The van der Waals surface area contributed by atoms with Gasteiger partial charge in [-0.15, -0.1) is 0 Å². The Balaban J connectivity index is 1.69. The number of halogens is 2. The third-order valence-electron chi connectivity index (χ3n) is 4.63. The summed E-state index contributed by atoms with van der Waals surface area (Å²) in [6, 6.07) is 22.0. The van der Waals surface area contributed by atoms with Gasteiger partial charge in [-0.2, -0.15) is 5.10 Å². The van der Waals surface area contributed by atoms with Gasteiger partial charge >= 0.3 is 0 Å². The highest BCUT2D eigenvalue weighted by Crippen LogP contribution is 2.40. The maximum absolute atomic E-state index is 6.21. The number of aryl methyl sites for hydroxylation is 2. The van der Waals surface area contributed by atoms with Crippen molar-refractivity contribution in [3.63, 3.8) is 0 Å². The van der Waals surface area contributed by atoms with Crippen LogP contribution in [0.4, 0.5) is 5.13 Å². The van der Waals surface area contributed by atoms with Crippen molar-refractivity contribution in [2.75, 3.05) is 5.43 Å². The Morgan fingerprint density at radius 1 is 0.967 bits per heavy atom. The van der Waals surface area contributed by atoms with Gasteiger partial charge in [-0.3, -0.25) is 5.43 Å². The van der Waals surface area contributed by atoms with E-state index in [4.69, 9.17) is 28.2 Å². The van der Waals surface area contributed by atoms with Crippen LogP contribution >= 0.6 is 34.5 Å². The van der Waals surface area contributed by atoms with Crippen molar-refractivity contribution in [2.24, 2.45) is 5.10 Å². The van der Waals surface area contributed by atoms with Crippen molar-refractivity contribution in [3.05, 3.63) is 93.5 Å². The minimum absolute atomic E-state index is 0.549. The first-order chi connectivity index (χ1) is 14.5. The normalized spacial score (nSPS) is 11.2. The Labute approximate surface area is 190 Å². The van der Waals surface area contributed by atoms with E-state index in [2.05, 4.69) is 54.7 Å². The Bertz CT molecular complexity index is 1220. The summed E-state index contributed by atoms with van der Waals surface area (Å²) in [6.07, 6.45) is 1.67. The van der Waals surface area contributed by atoms with E-state index in [-0.39, 0.29) is 0 Å². The van der Waals surface area contributed by atoms with E-state index in [0.717, 1.165) is 27.3 Å². The third-order valence-corrected chi connectivity index (χ3v) is 6.20. The molecule has 4 aromatic rings. The lowest BCUT2D eigenvalue weighted by molar-refractivity contribution is 1.28. The molecule has 0 unspecified atom stereocenters. The van der Waals surface area contributed by atoms with Crippen LogP contribution < -0.4 is 5.43 Å². The van der Waals surface area contributed by atoms with Crippen LogP contribution in [0.3, 0.4) is 0 Å². The highest BCUT2D eigenvalue weighted by Gasteiger charge is 2.16. The quantitative estimate of drug-likeness (QED) is 0.247. The van der Waals surface area contributed by atoms with Crippen LogP contribution in [0.25, 0.3) is 21.7 Å². The Morgan fingerprint density at radius 2 is 1.77 bits per heavy atom. The lowest BCUT2D eigenvalue weighted by Crippen LogP contribution is -1.91. The average molecular weight is 452 g/mol. The molecular weight excluding hydrogens is 433 g/mol. The number of nitrogens with one attached hydrogen (secondary N) is 1. The molecule has 3 nitrogen and oxygen atoms in total. The fourth-order valence-corrected chi connectivity index (χ4v) is 4.57. The SMILES string of the molecule is Cc1ccc(-c2nc(N/N=C\c3ccc(Cl)cc3Cl)sc2-c2ccccc2)c(C)c1. The van der Waals surface area contributed by atoms with E-state index >= 15 is 0 Å². The molecule has 4 rings (SSSR count). The maximum Gasteiger partial charge on any atom is 0.204 e. The zero-order valence-electron chi connectivity index (χ0n) is 16.5. The van der Waals surface area contributed by atoms with Crippen molar-refractivity contribution in [1.82, 2.24) is 4.98 Å². The number of rotatable bonds is 5. The summed E-state index contributed by atoms with van der Waals surface area (Å²) < 4.78 is 0. The van der Waals surface area contributed by atoms with Crippen LogP contribution in [-0.2, 0) is 0 Å². The number of hydrogen-bond donors (Lipinski definition) is 1. The molecule has 1 aromatic heterocycles. The van der Waals surface area contributed by atoms with Crippen molar-refractivity contribution in [2.45, 2.75) is 13.8 Å². The molecule has 30 heavy (non-hydrogen) atoms. The molecule has 1 heterocycles. The fourth-order valence-electron chi connectivity index (χ4n) is 3.18. The highest BCUT2D eigenvalue weighted by molar-refractivity contribution is 7.19. The first-order valence-electron chi connectivity index (χ1n) is 9.39. The number of thiazole rings is 1. The molecule has 0 radical (unpaired) electrons. The van der Waals surface area contributed by atoms with Gasteiger partial charge in [-0.25, -0.2) is 4.98 Å². The van der Waals surface area contributed by atoms with Gasteiger partial charge in [0.2, 0.25) is 5.13 Å². The molecular formula is C24H19Cl2N3S. The molecule has 150 valence electrons. The van der Waals surface area contributed by atoms with Crippen LogP contribution in [0.5, 0.6) is 0 Å². The first-order valence-corrected chi connectivity index (χ1v) is 11.0. The van der Waals surface area contributed by atoms with E-state index in [1.165, 1.54) is 11.1 Å². The topological polar surface area (TPSA) is 37.3 Å². The molecule has 0 aliphatic heterocycles. The van der Waals surface area contributed by atoms with Crippen molar-refractivity contribution >= 4 is 45.9 Å². The van der Waals surface area contributed by atoms with Crippen LogP contribution in [0, 0.1) is 13.8 Å². The predicted molar refractivity (Wildman–Crippen MR) is 130 cm³/mol. The lowest BCUT2D eigenvalue weighted by Gasteiger charge is -2.07. The maximum atomic E-state index is 6.21. The van der Waals surface area contributed by atoms with Gasteiger partial charge in [-0.05, 0) is 37.1 Å². The monoisotopic (exact) mass is 451 g/mol. The van der Waals surface area contributed by atoms with Crippen LogP contribution in [0.2, 0.25) is 10.0 Å². The highest BCUT2D eigenvalue weighted by atomic mass is 35.5. The third kappa shape index (κ3) is 4.57. The van der Waals surface area contributed by atoms with E-state index in [9.17, 15) is 0 Å².